The minimum absolute atomic E-state index is 0.0434. The zero-order valence-corrected chi connectivity index (χ0v) is 10.2. The SMILES string of the molecule is CNCC1C(=O)NCCN1C1CCCCC1. The Hall–Kier alpha value is -0.610. The van der Waals surface area contributed by atoms with Gasteiger partial charge in [-0.15, -0.1) is 0 Å². The van der Waals surface area contributed by atoms with Gasteiger partial charge in [0.15, 0.2) is 0 Å². The van der Waals surface area contributed by atoms with Crippen molar-refractivity contribution >= 4 is 5.91 Å². The van der Waals surface area contributed by atoms with Crippen molar-refractivity contribution < 1.29 is 4.79 Å². The van der Waals surface area contributed by atoms with Crippen LogP contribution in [-0.4, -0.2) is 49.6 Å². The number of carbonyl (C=O) groups excluding carboxylic acids is 1. The van der Waals surface area contributed by atoms with E-state index in [0.717, 1.165) is 19.6 Å². The third kappa shape index (κ3) is 2.55. The molecule has 0 bridgehead atoms. The van der Waals surface area contributed by atoms with E-state index in [9.17, 15) is 4.79 Å². The van der Waals surface area contributed by atoms with Crippen molar-refractivity contribution in [2.45, 2.75) is 44.2 Å². The molecule has 0 radical (unpaired) electrons. The number of nitrogens with zero attached hydrogens (tertiary/aromatic N) is 1. The van der Waals surface area contributed by atoms with Crippen molar-refractivity contribution in [1.82, 2.24) is 15.5 Å². The third-order valence-electron chi connectivity index (χ3n) is 3.81. The summed E-state index contributed by atoms with van der Waals surface area (Å²) >= 11 is 0. The predicted molar refractivity (Wildman–Crippen MR) is 64.3 cm³/mol. The molecule has 92 valence electrons. The first-order valence-corrected chi connectivity index (χ1v) is 6.51. The lowest BCUT2D eigenvalue weighted by molar-refractivity contribution is -0.130. The number of rotatable bonds is 3. The van der Waals surface area contributed by atoms with Crippen molar-refractivity contribution in [1.29, 1.82) is 0 Å². The first-order valence-electron chi connectivity index (χ1n) is 6.51. The molecule has 1 atom stereocenters. The summed E-state index contributed by atoms with van der Waals surface area (Å²) in [6.45, 7) is 2.60. The molecule has 1 saturated carbocycles. The lowest BCUT2D eigenvalue weighted by atomic mass is 9.92. The average molecular weight is 225 g/mol. The maximum absolute atomic E-state index is 11.8. The van der Waals surface area contributed by atoms with E-state index in [2.05, 4.69) is 15.5 Å². The van der Waals surface area contributed by atoms with Crippen LogP contribution in [0.3, 0.4) is 0 Å². The highest BCUT2D eigenvalue weighted by molar-refractivity contribution is 5.82. The summed E-state index contributed by atoms with van der Waals surface area (Å²) in [5.74, 6) is 0.200. The summed E-state index contributed by atoms with van der Waals surface area (Å²) in [5.41, 5.74) is 0. The van der Waals surface area contributed by atoms with Crippen molar-refractivity contribution in [2.75, 3.05) is 26.7 Å². The van der Waals surface area contributed by atoms with Gasteiger partial charge < -0.3 is 10.6 Å². The lowest BCUT2D eigenvalue weighted by Crippen LogP contribution is -2.61. The number of nitrogens with one attached hydrogen (secondary N) is 2. The summed E-state index contributed by atoms with van der Waals surface area (Å²) in [6, 6.07) is 0.681. The van der Waals surface area contributed by atoms with Crippen LogP contribution in [0.4, 0.5) is 0 Å². The van der Waals surface area contributed by atoms with E-state index in [-0.39, 0.29) is 11.9 Å². The molecular formula is C12H23N3O. The van der Waals surface area contributed by atoms with Gasteiger partial charge in [-0.3, -0.25) is 9.69 Å². The van der Waals surface area contributed by atoms with Crippen molar-refractivity contribution in [2.24, 2.45) is 0 Å². The van der Waals surface area contributed by atoms with E-state index >= 15 is 0 Å². The first kappa shape index (κ1) is 11.9. The monoisotopic (exact) mass is 225 g/mol. The van der Waals surface area contributed by atoms with E-state index in [1.807, 2.05) is 7.05 Å². The fraction of sp³-hybridized carbons (Fsp3) is 0.917. The molecule has 0 aromatic carbocycles. The highest BCUT2D eigenvalue weighted by Gasteiger charge is 2.34. The van der Waals surface area contributed by atoms with Crippen LogP contribution in [0.15, 0.2) is 0 Å². The molecule has 1 amide bonds. The molecule has 0 spiro atoms. The maximum Gasteiger partial charge on any atom is 0.238 e. The van der Waals surface area contributed by atoms with Gasteiger partial charge in [-0.05, 0) is 19.9 Å². The Morgan fingerprint density at radius 3 is 2.81 bits per heavy atom. The van der Waals surface area contributed by atoms with Crippen LogP contribution in [0.25, 0.3) is 0 Å². The fourth-order valence-electron chi connectivity index (χ4n) is 2.99. The topological polar surface area (TPSA) is 44.4 Å². The Morgan fingerprint density at radius 1 is 1.38 bits per heavy atom. The molecule has 2 aliphatic rings. The second kappa shape index (κ2) is 5.64. The lowest BCUT2D eigenvalue weighted by Gasteiger charge is -2.42. The molecule has 2 fully saturated rings. The molecule has 2 N–H and O–H groups in total. The Morgan fingerprint density at radius 2 is 2.12 bits per heavy atom. The number of likely N-dealkylation sites (N-methyl/N-ethyl adjacent to an activating group) is 1. The van der Waals surface area contributed by atoms with Gasteiger partial charge in [0.2, 0.25) is 5.91 Å². The van der Waals surface area contributed by atoms with E-state index in [4.69, 9.17) is 0 Å². The zero-order chi connectivity index (χ0) is 11.4. The van der Waals surface area contributed by atoms with Crippen LogP contribution in [0.1, 0.15) is 32.1 Å². The Kier molecular flexibility index (Phi) is 4.18. The first-order chi connectivity index (χ1) is 7.83. The summed E-state index contributed by atoms with van der Waals surface area (Å²) in [4.78, 5) is 14.3. The molecule has 1 saturated heterocycles. The largest absolute Gasteiger partial charge is 0.353 e. The van der Waals surface area contributed by atoms with Gasteiger partial charge in [-0.2, -0.15) is 0 Å². The van der Waals surface area contributed by atoms with E-state index < -0.39 is 0 Å². The summed E-state index contributed by atoms with van der Waals surface area (Å²) < 4.78 is 0. The minimum atomic E-state index is 0.0434. The smallest absolute Gasteiger partial charge is 0.238 e. The average Bonchev–Trinajstić information content (AvgIpc) is 2.33. The number of amides is 1. The third-order valence-corrected chi connectivity index (χ3v) is 3.81. The van der Waals surface area contributed by atoms with Crippen molar-refractivity contribution in [3.05, 3.63) is 0 Å². The molecular weight excluding hydrogens is 202 g/mol. The quantitative estimate of drug-likeness (QED) is 0.728. The molecule has 1 aliphatic carbocycles. The highest BCUT2D eigenvalue weighted by atomic mass is 16.2. The zero-order valence-electron chi connectivity index (χ0n) is 10.2. The molecule has 4 nitrogen and oxygen atoms in total. The number of piperazine rings is 1. The van der Waals surface area contributed by atoms with Gasteiger partial charge in [-0.25, -0.2) is 0 Å². The van der Waals surface area contributed by atoms with Crippen LogP contribution < -0.4 is 10.6 Å². The van der Waals surface area contributed by atoms with Crippen LogP contribution in [0.5, 0.6) is 0 Å². The van der Waals surface area contributed by atoms with Gasteiger partial charge in [0.25, 0.3) is 0 Å². The van der Waals surface area contributed by atoms with E-state index in [1.54, 1.807) is 0 Å². The highest BCUT2D eigenvalue weighted by Crippen LogP contribution is 2.24. The fourth-order valence-corrected chi connectivity index (χ4v) is 2.99. The normalized spacial score (nSPS) is 29.1. The summed E-state index contributed by atoms with van der Waals surface area (Å²) in [5, 5.41) is 6.10. The second-order valence-corrected chi connectivity index (χ2v) is 4.89. The molecule has 0 aromatic rings. The predicted octanol–water partition coefficient (Wildman–Crippen LogP) is 0.339. The van der Waals surface area contributed by atoms with Crippen LogP contribution in [0.2, 0.25) is 0 Å². The number of carbonyl (C=O) groups is 1. The molecule has 1 unspecified atom stereocenters. The Labute approximate surface area is 97.8 Å². The number of hydrogen-bond acceptors (Lipinski definition) is 3. The standard InChI is InChI=1S/C12H23N3O/c1-13-9-11-12(16)14-7-8-15(11)10-5-3-2-4-6-10/h10-11,13H,2-9H2,1H3,(H,14,16). The van der Waals surface area contributed by atoms with Gasteiger partial charge in [-0.1, -0.05) is 19.3 Å². The second-order valence-electron chi connectivity index (χ2n) is 4.89. The van der Waals surface area contributed by atoms with E-state index in [0.29, 0.717) is 6.04 Å². The maximum atomic E-state index is 11.8. The minimum Gasteiger partial charge on any atom is -0.353 e. The number of hydrogen-bond donors (Lipinski definition) is 2. The van der Waals surface area contributed by atoms with Gasteiger partial charge in [0.05, 0.1) is 0 Å². The summed E-state index contributed by atoms with van der Waals surface area (Å²) in [6.07, 6.45) is 6.57. The molecule has 1 heterocycles. The Balaban J connectivity index is 2.00. The van der Waals surface area contributed by atoms with Gasteiger partial charge in [0.1, 0.15) is 6.04 Å². The molecule has 16 heavy (non-hydrogen) atoms. The summed E-state index contributed by atoms with van der Waals surface area (Å²) in [7, 11) is 1.92. The molecule has 2 rings (SSSR count). The van der Waals surface area contributed by atoms with E-state index in [1.165, 1.54) is 32.1 Å². The molecule has 0 aromatic heterocycles. The molecule has 4 heteroatoms. The van der Waals surface area contributed by atoms with Gasteiger partial charge >= 0.3 is 0 Å². The van der Waals surface area contributed by atoms with Crippen LogP contribution >= 0.6 is 0 Å². The van der Waals surface area contributed by atoms with Gasteiger partial charge in [0, 0.05) is 25.7 Å². The van der Waals surface area contributed by atoms with Crippen LogP contribution in [0, 0.1) is 0 Å². The van der Waals surface area contributed by atoms with Crippen LogP contribution in [-0.2, 0) is 4.79 Å². The molecule has 1 aliphatic heterocycles. The Bertz CT molecular complexity index is 238. The van der Waals surface area contributed by atoms with Crippen molar-refractivity contribution in [3.63, 3.8) is 0 Å². The van der Waals surface area contributed by atoms with Crippen molar-refractivity contribution in [3.8, 4) is 0 Å².